The Labute approximate surface area is 88.9 Å². The Bertz CT molecular complexity index is 376. The van der Waals surface area contributed by atoms with Gasteiger partial charge in [0, 0.05) is 7.05 Å². The molecule has 0 saturated carbocycles. The minimum absolute atomic E-state index is 0.236. The first-order valence-corrected chi connectivity index (χ1v) is 5.49. The Kier molecular flexibility index (Phi) is 3.28. The Morgan fingerprint density at radius 2 is 1.64 bits per heavy atom. The third kappa shape index (κ3) is 2.76. The van der Waals surface area contributed by atoms with Crippen molar-refractivity contribution in [2.45, 2.75) is 0 Å². The van der Waals surface area contributed by atoms with E-state index in [-0.39, 0.29) is 16.5 Å². The smallest absolute Gasteiger partial charge is 0.308 e. The quantitative estimate of drug-likeness (QED) is 0.754. The molecule has 0 bridgehead atoms. The van der Waals surface area contributed by atoms with Gasteiger partial charge in [-0.1, -0.05) is 0 Å². The fourth-order valence-corrected chi connectivity index (χ4v) is 1.25. The second-order valence-corrected chi connectivity index (χ2v) is 4.51. The van der Waals surface area contributed by atoms with Crippen molar-refractivity contribution in [3.8, 4) is 0 Å². The lowest BCUT2D eigenvalue weighted by Crippen LogP contribution is -2.16. The van der Waals surface area contributed by atoms with Crippen LogP contribution in [0.3, 0.4) is 0 Å². The highest BCUT2D eigenvalue weighted by molar-refractivity contribution is 7.53. The van der Waals surface area contributed by atoms with Crippen LogP contribution in [0.1, 0.15) is 0 Å². The van der Waals surface area contributed by atoms with Gasteiger partial charge in [-0.05, 0) is 23.2 Å². The minimum Gasteiger partial charge on any atom is -0.308 e. The largest absolute Gasteiger partial charge is 0.432 e. The van der Waals surface area contributed by atoms with E-state index in [2.05, 4.69) is 15.0 Å². The average molecular weight is 259 g/mol. The van der Waals surface area contributed by atoms with Gasteiger partial charge < -0.3 is 9.79 Å². The summed E-state index contributed by atoms with van der Waals surface area (Å²) in [6.07, 6.45) is 0. The maximum Gasteiger partial charge on any atom is 0.432 e. The molecule has 1 rings (SSSR count). The number of rotatable bonds is 2. The van der Waals surface area contributed by atoms with Crippen LogP contribution in [-0.4, -0.2) is 31.8 Å². The second-order valence-electron chi connectivity index (χ2n) is 2.21. The summed E-state index contributed by atoms with van der Waals surface area (Å²) in [5.74, 6) is -0.289. The molecule has 1 aromatic heterocycles. The van der Waals surface area contributed by atoms with Crippen LogP contribution in [0.15, 0.2) is 0 Å². The summed E-state index contributed by atoms with van der Waals surface area (Å²) >= 11 is 10.8. The fourth-order valence-electron chi connectivity index (χ4n) is 0.577. The van der Waals surface area contributed by atoms with Crippen LogP contribution in [-0.2, 0) is 4.57 Å². The molecule has 0 radical (unpaired) electrons. The van der Waals surface area contributed by atoms with E-state index in [0.717, 1.165) is 7.05 Å². The Morgan fingerprint density at radius 1 is 1.21 bits per heavy atom. The van der Waals surface area contributed by atoms with Crippen molar-refractivity contribution in [1.29, 1.82) is 0 Å². The lowest BCUT2D eigenvalue weighted by molar-refractivity contribution is 0.370. The zero-order chi connectivity index (χ0) is 10.9. The van der Waals surface area contributed by atoms with Crippen molar-refractivity contribution < 1.29 is 14.4 Å². The summed E-state index contributed by atoms with van der Waals surface area (Å²) in [4.78, 5) is 28.0. The van der Waals surface area contributed by atoms with Crippen LogP contribution in [0.25, 0.3) is 0 Å². The topological polar surface area (TPSA) is 99.4 Å². The summed E-state index contributed by atoms with van der Waals surface area (Å²) in [7, 11) is -3.34. The van der Waals surface area contributed by atoms with Crippen LogP contribution in [0, 0.1) is 0 Å². The van der Waals surface area contributed by atoms with Crippen molar-refractivity contribution >= 4 is 36.9 Å². The molecule has 0 amide bonds. The monoisotopic (exact) mass is 258 g/mol. The molecule has 0 aliphatic rings. The maximum atomic E-state index is 10.8. The van der Waals surface area contributed by atoms with Crippen molar-refractivity contribution in [2.75, 3.05) is 11.7 Å². The van der Waals surface area contributed by atoms with Crippen LogP contribution >= 0.6 is 30.9 Å². The van der Waals surface area contributed by atoms with Crippen molar-refractivity contribution in [1.82, 2.24) is 15.0 Å². The highest BCUT2D eigenvalue weighted by atomic mass is 35.5. The van der Waals surface area contributed by atoms with Crippen LogP contribution in [0.5, 0.6) is 0 Å². The second kappa shape index (κ2) is 3.96. The van der Waals surface area contributed by atoms with Crippen LogP contribution in [0.2, 0.25) is 10.6 Å². The van der Waals surface area contributed by atoms with E-state index in [4.69, 9.17) is 33.0 Å². The molecule has 1 aromatic rings. The lowest BCUT2D eigenvalue weighted by atomic mass is 10.9. The van der Waals surface area contributed by atoms with Gasteiger partial charge in [-0.2, -0.15) is 15.0 Å². The molecule has 7 nitrogen and oxygen atoms in total. The van der Waals surface area contributed by atoms with E-state index in [0.29, 0.717) is 4.67 Å². The van der Waals surface area contributed by atoms with Crippen LogP contribution < -0.4 is 4.67 Å². The Morgan fingerprint density at radius 3 is 2.00 bits per heavy atom. The molecule has 0 aliphatic carbocycles. The molecule has 0 saturated heterocycles. The van der Waals surface area contributed by atoms with E-state index in [1.54, 1.807) is 0 Å². The molecule has 1 heterocycles. The highest BCUT2D eigenvalue weighted by Gasteiger charge is 2.24. The summed E-state index contributed by atoms with van der Waals surface area (Å²) in [6.45, 7) is 0. The molecule has 14 heavy (non-hydrogen) atoms. The maximum absolute atomic E-state index is 10.8. The predicted molar refractivity (Wildman–Crippen MR) is 50.3 cm³/mol. The number of halogens is 2. The first kappa shape index (κ1) is 11.6. The molecule has 78 valence electrons. The molecular formula is C4H5Cl2N4O3P. The normalized spacial score (nSPS) is 11.5. The van der Waals surface area contributed by atoms with Gasteiger partial charge in [0.25, 0.3) is 0 Å². The lowest BCUT2D eigenvalue weighted by Gasteiger charge is -2.17. The SMILES string of the molecule is CN(c1nc(Cl)nc(Cl)n1)P(=O)(O)O. The van der Waals surface area contributed by atoms with E-state index in [1.807, 2.05) is 0 Å². The van der Waals surface area contributed by atoms with Gasteiger partial charge in [0.2, 0.25) is 16.5 Å². The number of nitrogens with zero attached hydrogens (tertiary/aromatic N) is 4. The van der Waals surface area contributed by atoms with E-state index < -0.39 is 7.75 Å². The zero-order valence-corrected chi connectivity index (χ0v) is 9.20. The molecule has 0 unspecified atom stereocenters. The summed E-state index contributed by atoms with van der Waals surface area (Å²) < 4.78 is 11.3. The van der Waals surface area contributed by atoms with Gasteiger partial charge in [-0.25, -0.2) is 4.57 Å². The number of anilines is 1. The minimum atomic E-state index is -4.46. The highest BCUT2D eigenvalue weighted by Crippen LogP contribution is 2.40. The van der Waals surface area contributed by atoms with Gasteiger partial charge in [0.05, 0.1) is 0 Å². The standard InChI is InChI=1S/C4H5Cl2N4O3P/c1-10(14(11,12)13)4-8-2(5)7-3(6)9-4/h1H3,(H2,11,12,13). The van der Waals surface area contributed by atoms with Gasteiger partial charge in [-0.15, -0.1) is 0 Å². The summed E-state index contributed by atoms with van der Waals surface area (Å²) in [6, 6.07) is 0. The fraction of sp³-hybridized carbons (Fsp3) is 0.250. The average Bonchev–Trinajstić information content (AvgIpc) is 1.99. The van der Waals surface area contributed by atoms with Crippen molar-refractivity contribution in [3.05, 3.63) is 10.6 Å². The van der Waals surface area contributed by atoms with E-state index in [9.17, 15) is 4.57 Å². The number of hydrogen-bond donors (Lipinski definition) is 2. The molecule has 0 aromatic carbocycles. The zero-order valence-electron chi connectivity index (χ0n) is 6.79. The van der Waals surface area contributed by atoms with Gasteiger partial charge in [0.15, 0.2) is 0 Å². The third-order valence-corrected chi connectivity index (χ3v) is 2.55. The summed E-state index contributed by atoms with van der Waals surface area (Å²) in [5, 5.41) is -0.472. The van der Waals surface area contributed by atoms with Crippen molar-refractivity contribution in [2.24, 2.45) is 0 Å². The van der Waals surface area contributed by atoms with Gasteiger partial charge >= 0.3 is 7.75 Å². The van der Waals surface area contributed by atoms with Crippen molar-refractivity contribution in [3.63, 3.8) is 0 Å². The van der Waals surface area contributed by atoms with Crippen LogP contribution in [0.4, 0.5) is 5.95 Å². The summed E-state index contributed by atoms with van der Waals surface area (Å²) in [5.41, 5.74) is 0. The Hall–Kier alpha value is -0.460. The number of aromatic nitrogens is 3. The predicted octanol–water partition coefficient (Wildman–Crippen LogP) is 0.707. The molecule has 10 heteroatoms. The molecular weight excluding hydrogens is 254 g/mol. The molecule has 0 spiro atoms. The number of hydrogen-bond acceptors (Lipinski definition) is 4. The first-order chi connectivity index (χ1) is 6.30. The van der Waals surface area contributed by atoms with Gasteiger partial charge in [0.1, 0.15) is 0 Å². The molecule has 0 aliphatic heterocycles. The third-order valence-electron chi connectivity index (χ3n) is 1.25. The Balaban J connectivity index is 3.14. The molecule has 0 atom stereocenters. The van der Waals surface area contributed by atoms with E-state index >= 15 is 0 Å². The van der Waals surface area contributed by atoms with E-state index in [1.165, 1.54) is 0 Å². The first-order valence-electron chi connectivity index (χ1n) is 3.17. The molecule has 0 fully saturated rings. The molecule has 2 N–H and O–H groups in total. The van der Waals surface area contributed by atoms with Gasteiger partial charge in [-0.3, -0.25) is 4.67 Å².